The van der Waals surface area contributed by atoms with Crippen molar-refractivity contribution in [3.05, 3.63) is 39.4 Å². The maximum Gasteiger partial charge on any atom is 0.344 e. The summed E-state index contributed by atoms with van der Waals surface area (Å²) in [6, 6.07) is 0.153. The van der Waals surface area contributed by atoms with Crippen LogP contribution in [0, 0.1) is 17.6 Å². The Morgan fingerprint density at radius 2 is 2.00 bits per heavy atom. The standard InChI is InChI=1S/C14H10F3NO4/c1-22-12-9(16)7(15)4-6-10(12)18(5-2-3-5)13(17)8(11(6)19)14(20)21/h4-5H,2-3H2,1H3,(H,20,21). The molecule has 1 fully saturated rings. The summed E-state index contributed by atoms with van der Waals surface area (Å²) in [7, 11) is 1.06. The number of halogens is 3. The third-order valence-electron chi connectivity index (χ3n) is 3.61. The summed E-state index contributed by atoms with van der Waals surface area (Å²) in [4.78, 5) is 23.3. The second-order valence-corrected chi connectivity index (χ2v) is 5.00. The zero-order valence-corrected chi connectivity index (χ0v) is 11.3. The van der Waals surface area contributed by atoms with Gasteiger partial charge in [-0.2, -0.15) is 8.78 Å². The lowest BCUT2D eigenvalue weighted by Crippen LogP contribution is -2.24. The average molecular weight is 313 g/mol. The van der Waals surface area contributed by atoms with Crippen molar-refractivity contribution in [2.24, 2.45) is 0 Å². The van der Waals surface area contributed by atoms with Crippen LogP contribution in [0.15, 0.2) is 10.9 Å². The Labute approximate surface area is 121 Å². The van der Waals surface area contributed by atoms with E-state index in [1.807, 2.05) is 0 Å². The van der Waals surface area contributed by atoms with Crippen LogP contribution in [0.25, 0.3) is 10.9 Å². The summed E-state index contributed by atoms with van der Waals surface area (Å²) < 4.78 is 47.6. The first-order valence-electron chi connectivity index (χ1n) is 6.41. The molecule has 1 heterocycles. The lowest BCUT2D eigenvalue weighted by molar-refractivity contribution is 0.0688. The predicted molar refractivity (Wildman–Crippen MR) is 69.9 cm³/mol. The van der Waals surface area contributed by atoms with Crippen molar-refractivity contribution >= 4 is 16.9 Å². The second kappa shape index (κ2) is 4.75. The number of hydrogen-bond donors (Lipinski definition) is 1. The number of fused-ring (bicyclic) bond motifs is 1. The van der Waals surface area contributed by atoms with Gasteiger partial charge in [-0.05, 0) is 18.9 Å². The van der Waals surface area contributed by atoms with Gasteiger partial charge in [0.25, 0.3) is 0 Å². The van der Waals surface area contributed by atoms with Gasteiger partial charge in [0.2, 0.25) is 17.2 Å². The molecule has 3 rings (SSSR count). The van der Waals surface area contributed by atoms with Gasteiger partial charge in [0, 0.05) is 6.04 Å². The van der Waals surface area contributed by atoms with Gasteiger partial charge in [0.15, 0.2) is 17.1 Å². The molecule has 116 valence electrons. The third-order valence-corrected chi connectivity index (χ3v) is 3.61. The van der Waals surface area contributed by atoms with E-state index in [0.717, 1.165) is 11.7 Å². The molecule has 0 unspecified atom stereocenters. The van der Waals surface area contributed by atoms with Gasteiger partial charge >= 0.3 is 5.97 Å². The zero-order chi connectivity index (χ0) is 16.2. The van der Waals surface area contributed by atoms with Crippen molar-refractivity contribution in [3.63, 3.8) is 0 Å². The number of aromatic carboxylic acids is 1. The number of pyridine rings is 1. The molecule has 5 nitrogen and oxygen atoms in total. The minimum Gasteiger partial charge on any atom is -0.491 e. The number of carbonyl (C=O) groups is 1. The molecule has 1 aliphatic rings. The molecule has 0 radical (unpaired) electrons. The molecule has 1 aromatic heterocycles. The topological polar surface area (TPSA) is 68.5 Å². The van der Waals surface area contributed by atoms with Gasteiger partial charge in [-0.1, -0.05) is 0 Å². The van der Waals surface area contributed by atoms with Gasteiger partial charge in [-0.3, -0.25) is 4.79 Å². The number of benzene rings is 1. The number of carboxylic acids is 1. The van der Waals surface area contributed by atoms with Crippen molar-refractivity contribution in [1.82, 2.24) is 4.57 Å². The first kappa shape index (κ1) is 14.4. The summed E-state index contributed by atoms with van der Waals surface area (Å²) in [6.45, 7) is 0. The van der Waals surface area contributed by atoms with E-state index in [-0.39, 0.29) is 5.52 Å². The van der Waals surface area contributed by atoms with Crippen molar-refractivity contribution in [1.29, 1.82) is 0 Å². The van der Waals surface area contributed by atoms with Gasteiger partial charge < -0.3 is 14.4 Å². The summed E-state index contributed by atoms with van der Waals surface area (Å²) in [5.74, 6) is -6.38. The molecule has 0 saturated heterocycles. The Bertz CT molecular complexity index is 871. The Morgan fingerprint density at radius 3 is 2.50 bits per heavy atom. The van der Waals surface area contributed by atoms with E-state index < -0.39 is 51.7 Å². The molecule has 2 aromatic rings. The lowest BCUT2D eigenvalue weighted by atomic mass is 10.1. The molecule has 22 heavy (non-hydrogen) atoms. The smallest absolute Gasteiger partial charge is 0.344 e. The maximum atomic E-state index is 14.5. The fourth-order valence-corrected chi connectivity index (χ4v) is 2.50. The van der Waals surface area contributed by atoms with Crippen LogP contribution in [-0.2, 0) is 0 Å². The molecule has 0 bridgehead atoms. The van der Waals surface area contributed by atoms with Crippen LogP contribution in [0.5, 0.6) is 5.75 Å². The Hall–Kier alpha value is -2.51. The number of ether oxygens (including phenoxy) is 1. The van der Waals surface area contributed by atoms with E-state index in [1.165, 1.54) is 0 Å². The number of nitrogens with zero attached hydrogens (tertiary/aromatic N) is 1. The highest BCUT2D eigenvalue weighted by Gasteiger charge is 2.34. The van der Waals surface area contributed by atoms with E-state index in [1.54, 1.807) is 0 Å². The molecule has 1 saturated carbocycles. The molecule has 8 heteroatoms. The van der Waals surface area contributed by atoms with E-state index >= 15 is 0 Å². The number of aromatic nitrogens is 1. The predicted octanol–water partition coefficient (Wildman–Crippen LogP) is 2.46. The second-order valence-electron chi connectivity index (χ2n) is 5.00. The molecule has 0 atom stereocenters. The largest absolute Gasteiger partial charge is 0.491 e. The van der Waals surface area contributed by atoms with Crippen LogP contribution in [0.3, 0.4) is 0 Å². The Kier molecular flexibility index (Phi) is 3.12. The minimum absolute atomic E-state index is 0.267. The molecular weight excluding hydrogens is 303 g/mol. The highest BCUT2D eigenvalue weighted by atomic mass is 19.2. The van der Waals surface area contributed by atoms with Crippen molar-refractivity contribution < 1.29 is 27.8 Å². The van der Waals surface area contributed by atoms with Crippen LogP contribution in [-0.4, -0.2) is 22.8 Å². The number of carboxylic acid groups (broad SMARTS) is 1. The molecule has 0 spiro atoms. The average Bonchev–Trinajstić information content (AvgIpc) is 3.26. The molecule has 1 aromatic carbocycles. The maximum absolute atomic E-state index is 14.5. The fourth-order valence-electron chi connectivity index (χ4n) is 2.50. The number of methoxy groups -OCH3 is 1. The van der Waals surface area contributed by atoms with Crippen LogP contribution < -0.4 is 10.2 Å². The number of rotatable bonds is 3. The normalized spacial score (nSPS) is 14.4. The highest BCUT2D eigenvalue weighted by molar-refractivity contribution is 5.94. The van der Waals surface area contributed by atoms with E-state index in [2.05, 4.69) is 0 Å². The van der Waals surface area contributed by atoms with E-state index in [4.69, 9.17) is 9.84 Å². The molecule has 0 amide bonds. The molecule has 1 N–H and O–H groups in total. The fraction of sp³-hybridized carbons (Fsp3) is 0.286. The van der Waals surface area contributed by atoms with Crippen molar-refractivity contribution in [2.45, 2.75) is 18.9 Å². The first-order valence-corrected chi connectivity index (χ1v) is 6.41. The van der Waals surface area contributed by atoms with Gasteiger partial charge in [0.05, 0.1) is 12.5 Å². The van der Waals surface area contributed by atoms with E-state index in [0.29, 0.717) is 18.9 Å². The quantitative estimate of drug-likeness (QED) is 0.884. The van der Waals surface area contributed by atoms with Crippen LogP contribution in [0.4, 0.5) is 13.2 Å². The Morgan fingerprint density at radius 1 is 1.36 bits per heavy atom. The molecular formula is C14H10F3NO4. The van der Waals surface area contributed by atoms with Gasteiger partial charge in [-0.25, -0.2) is 9.18 Å². The lowest BCUT2D eigenvalue weighted by Gasteiger charge is -2.16. The van der Waals surface area contributed by atoms with Crippen LogP contribution >= 0.6 is 0 Å². The summed E-state index contributed by atoms with van der Waals surface area (Å²) >= 11 is 0. The zero-order valence-electron chi connectivity index (χ0n) is 11.3. The van der Waals surface area contributed by atoms with E-state index in [9.17, 15) is 22.8 Å². The third kappa shape index (κ3) is 1.87. The SMILES string of the molecule is COc1c(F)c(F)cc2c(=O)c(C(=O)O)c(F)n(C3CC3)c12. The molecule has 1 aliphatic carbocycles. The monoisotopic (exact) mass is 313 g/mol. The minimum atomic E-state index is -1.76. The van der Waals surface area contributed by atoms with Crippen LogP contribution in [0.1, 0.15) is 29.2 Å². The molecule has 0 aliphatic heterocycles. The van der Waals surface area contributed by atoms with Crippen LogP contribution in [0.2, 0.25) is 0 Å². The first-order chi connectivity index (χ1) is 10.4. The van der Waals surface area contributed by atoms with Gasteiger partial charge in [-0.15, -0.1) is 0 Å². The summed E-state index contributed by atoms with van der Waals surface area (Å²) in [6.07, 6.45) is 1.08. The number of hydrogen-bond acceptors (Lipinski definition) is 3. The summed E-state index contributed by atoms with van der Waals surface area (Å²) in [5.41, 5.74) is -2.57. The van der Waals surface area contributed by atoms with Crippen molar-refractivity contribution in [2.75, 3.05) is 7.11 Å². The van der Waals surface area contributed by atoms with Gasteiger partial charge in [0.1, 0.15) is 5.52 Å². The highest BCUT2D eigenvalue weighted by Crippen LogP contribution is 2.41. The van der Waals surface area contributed by atoms with Crippen molar-refractivity contribution in [3.8, 4) is 5.75 Å². The summed E-state index contributed by atoms with van der Waals surface area (Å²) in [5, 5.41) is 8.60. The Balaban J connectivity index is 2.60.